The summed E-state index contributed by atoms with van der Waals surface area (Å²) in [5.74, 6) is -0.365. The summed E-state index contributed by atoms with van der Waals surface area (Å²) in [6.07, 6.45) is 0.529. The Labute approximate surface area is 108 Å². The fourth-order valence-electron chi connectivity index (χ4n) is 1.52. The van der Waals surface area contributed by atoms with Crippen LogP contribution in [0.1, 0.15) is 4.88 Å². The highest BCUT2D eigenvalue weighted by Gasteiger charge is 2.15. The molecule has 3 nitrogen and oxygen atoms in total. The average molecular weight is 267 g/mol. The Morgan fingerprint density at radius 2 is 2.29 bits per heavy atom. The molecule has 0 aliphatic carbocycles. The Hall–Kier alpha value is -1.17. The predicted molar refractivity (Wildman–Crippen MR) is 71.3 cm³/mol. The monoisotopic (exact) mass is 267 g/mol. The molecule has 0 saturated heterocycles. The number of rotatable bonds is 4. The number of nitrogens with two attached hydrogens (primary N) is 1. The Balaban J connectivity index is 2.06. The third-order valence-corrected chi connectivity index (χ3v) is 4.08. The molecule has 90 valence electrons. The molecule has 2 aromatic heterocycles. The van der Waals surface area contributed by atoms with Gasteiger partial charge < -0.3 is 10.5 Å². The fourth-order valence-corrected chi connectivity index (χ4v) is 3.14. The van der Waals surface area contributed by atoms with Crippen LogP contribution in [0.4, 0.5) is 0 Å². The number of thiophene rings is 2. The lowest BCUT2D eigenvalue weighted by Gasteiger charge is -2.06. The van der Waals surface area contributed by atoms with Crippen LogP contribution >= 0.6 is 22.7 Å². The van der Waals surface area contributed by atoms with Crippen LogP contribution in [0.25, 0.3) is 11.1 Å². The van der Waals surface area contributed by atoms with Crippen molar-refractivity contribution >= 4 is 28.6 Å². The van der Waals surface area contributed by atoms with E-state index < -0.39 is 6.04 Å². The first-order chi connectivity index (χ1) is 8.20. The molecule has 0 amide bonds. The van der Waals surface area contributed by atoms with Crippen molar-refractivity contribution in [3.05, 3.63) is 33.2 Å². The highest BCUT2D eigenvalue weighted by molar-refractivity contribution is 7.10. The molecular formula is C12H13NO2S2. The van der Waals surface area contributed by atoms with E-state index >= 15 is 0 Å². The summed E-state index contributed by atoms with van der Waals surface area (Å²) in [5, 5.41) is 6.24. The highest BCUT2D eigenvalue weighted by atomic mass is 32.1. The van der Waals surface area contributed by atoms with E-state index in [1.54, 1.807) is 22.7 Å². The first-order valence-electron chi connectivity index (χ1n) is 5.14. The molecule has 1 unspecified atom stereocenters. The molecule has 2 N–H and O–H groups in total. The molecule has 2 rings (SSSR count). The standard InChI is InChI=1S/C12H13NO2S2/c1-15-12(14)11(13)5-10-4-9(7-17-10)8-2-3-16-6-8/h2-4,6-7,11H,5,13H2,1H3. The van der Waals surface area contributed by atoms with Gasteiger partial charge in [-0.1, -0.05) is 0 Å². The Kier molecular flexibility index (Phi) is 3.93. The van der Waals surface area contributed by atoms with Crippen molar-refractivity contribution in [2.24, 2.45) is 5.73 Å². The summed E-state index contributed by atoms with van der Waals surface area (Å²) in [6, 6.07) is 3.58. The first-order valence-corrected chi connectivity index (χ1v) is 6.96. The Morgan fingerprint density at radius 3 is 2.94 bits per heavy atom. The van der Waals surface area contributed by atoms with Crippen LogP contribution in [0.3, 0.4) is 0 Å². The van der Waals surface area contributed by atoms with Gasteiger partial charge in [-0.15, -0.1) is 11.3 Å². The Bertz CT molecular complexity index is 490. The number of esters is 1. The lowest BCUT2D eigenvalue weighted by atomic mass is 10.1. The maximum atomic E-state index is 11.2. The molecule has 17 heavy (non-hydrogen) atoms. The van der Waals surface area contributed by atoms with Crippen LogP contribution < -0.4 is 5.73 Å². The van der Waals surface area contributed by atoms with Crippen LogP contribution in [-0.2, 0) is 16.0 Å². The minimum Gasteiger partial charge on any atom is -0.468 e. The van der Waals surface area contributed by atoms with Gasteiger partial charge in [0, 0.05) is 11.3 Å². The molecule has 0 bridgehead atoms. The van der Waals surface area contributed by atoms with Crippen LogP contribution in [0, 0.1) is 0 Å². The van der Waals surface area contributed by atoms with Crippen molar-refractivity contribution < 1.29 is 9.53 Å². The summed E-state index contributed by atoms with van der Waals surface area (Å²) in [5.41, 5.74) is 8.12. The summed E-state index contributed by atoms with van der Waals surface area (Å²) in [7, 11) is 1.35. The van der Waals surface area contributed by atoms with E-state index in [9.17, 15) is 4.79 Å². The molecule has 2 heterocycles. The number of methoxy groups -OCH3 is 1. The van der Waals surface area contributed by atoms with Crippen molar-refractivity contribution in [1.29, 1.82) is 0 Å². The summed E-state index contributed by atoms with van der Waals surface area (Å²) >= 11 is 3.29. The van der Waals surface area contributed by atoms with E-state index in [1.165, 1.54) is 18.2 Å². The minimum absolute atomic E-state index is 0.365. The van der Waals surface area contributed by atoms with Crippen molar-refractivity contribution in [2.45, 2.75) is 12.5 Å². The van der Waals surface area contributed by atoms with Crippen LogP contribution in [-0.4, -0.2) is 19.1 Å². The quantitative estimate of drug-likeness (QED) is 0.866. The number of carbonyl (C=O) groups is 1. The lowest BCUT2D eigenvalue weighted by Crippen LogP contribution is -2.33. The molecule has 0 fully saturated rings. The van der Waals surface area contributed by atoms with Crippen molar-refractivity contribution in [3.63, 3.8) is 0 Å². The van der Waals surface area contributed by atoms with E-state index in [2.05, 4.69) is 27.6 Å². The van der Waals surface area contributed by atoms with Gasteiger partial charge in [-0.05, 0) is 39.4 Å². The maximum Gasteiger partial charge on any atom is 0.323 e. The van der Waals surface area contributed by atoms with Gasteiger partial charge in [0.1, 0.15) is 6.04 Å². The molecule has 0 radical (unpaired) electrons. The van der Waals surface area contributed by atoms with E-state index in [1.807, 2.05) is 5.38 Å². The van der Waals surface area contributed by atoms with Gasteiger partial charge in [-0.25, -0.2) is 0 Å². The molecular weight excluding hydrogens is 254 g/mol. The van der Waals surface area contributed by atoms with Gasteiger partial charge in [0.05, 0.1) is 7.11 Å². The maximum absolute atomic E-state index is 11.2. The summed E-state index contributed by atoms with van der Waals surface area (Å²) in [6.45, 7) is 0. The van der Waals surface area contributed by atoms with Gasteiger partial charge in [0.15, 0.2) is 0 Å². The number of carbonyl (C=O) groups excluding carboxylic acids is 1. The van der Waals surface area contributed by atoms with Gasteiger partial charge in [0.2, 0.25) is 0 Å². The highest BCUT2D eigenvalue weighted by Crippen LogP contribution is 2.27. The van der Waals surface area contributed by atoms with E-state index in [4.69, 9.17) is 5.73 Å². The second-order valence-electron chi connectivity index (χ2n) is 3.65. The zero-order valence-electron chi connectivity index (χ0n) is 9.38. The average Bonchev–Trinajstić information content (AvgIpc) is 2.97. The van der Waals surface area contributed by atoms with Gasteiger partial charge in [-0.3, -0.25) is 4.79 Å². The van der Waals surface area contributed by atoms with Crippen LogP contribution in [0.2, 0.25) is 0 Å². The van der Waals surface area contributed by atoms with Gasteiger partial charge in [0.25, 0.3) is 0 Å². The van der Waals surface area contributed by atoms with E-state index in [0.29, 0.717) is 6.42 Å². The van der Waals surface area contributed by atoms with Crippen molar-refractivity contribution in [1.82, 2.24) is 0 Å². The fraction of sp³-hybridized carbons (Fsp3) is 0.250. The van der Waals surface area contributed by atoms with Crippen molar-refractivity contribution in [3.8, 4) is 11.1 Å². The third kappa shape index (κ3) is 2.94. The van der Waals surface area contributed by atoms with Crippen molar-refractivity contribution in [2.75, 3.05) is 7.11 Å². The van der Waals surface area contributed by atoms with E-state index in [0.717, 1.165) is 4.88 Å². The topological polar surface area (TPSA) is 52.3 Å². The second kappa shape index (κ2) is 5.44. The number of ether oxygens (including phenoxy) is 1. The zero-order valence-corrected chi connectivity index (χ0v) is 11.0. The SMILES string of the molecule is COC(=O)C(N)Cc1cc(-c2ccsc2)cs1. The normalized spacial score (nSPS) is 12.4. The molecule has 5 heteroatoms. The van der Waals surface area contributed by atoms with Gasteiger partial charge >= 0.3 is 5.97 Å². The lowest BCUT2D eigenvalue weighted by molar-refractivity contribution is -0.142. The van der Waals surface area contributed by atoms with Crippen LogP contribution in [0.15, 0.2) is 28.3 Å². The largest absolute Gasteiger partial charge is 0.468 e. The van der Waals surface area contributed by atoms with E-state index in [-0.39, 0.29) is 5.97 Å². The molecule has 0 aliphatic rings. The minimum atomic E-state index is -0.575. The summed E-state index contributed by atoms with van der Waals surface area (Å²) in [4.78, 5) is 12.3. The molecule has 1 atom stereocenters. The summed E-state index contributed by atoms with van der Waals surface area (Å²) < 4.78 is 4.61. The first kappa shape index (κ1) is 12.3. The molecule has 0 spiro atoms. The smallest absolute Gasteiger partial charge is 0.323 e. The molecule has 2 aromatic rings. The number of hydrogen-bond acceptors (Lipinski definition) is 5. The van der Waals surface area contributed by atoms with Crippen LogP contribution in [0.5, 0.6) is 0 Å². The third-order valence-electron chi connectivity index (χ3n) is 2.43. The number of hydrogen-bond donors (Lipinski definition) is 1. The van der Waals surface area contributed by atoms with Gasteiger partial charge in [-0.2, -0.15) is 11.3 Å². The zero-order chi connectivity index (χ0) is 12.3. The molecule has 0 aromatic carbocycles. The second-order valence-corrected chi connectivity index (χ2v) is 5.42. The predicted octanol–water partition coefficient (Wildman–Crippen LogP) is 2.52. The molecule has 0 aliphatic heterocycles. The Morgan fingerprint density at radius 1 is 1.47 bits per heavy atom. The molecule has 0 saturated carbocycles.